The van der Waals surface area contributed by atoms with Gasteiger partial charge < -0.3 is 9.26 Å². The van der Waals surface area contributed by atoms with Crippen LogP contribution in [0.2, 0.25) is 5.02 Å². The van der Waals surface area contributed by atoms with Crippen molar-refractivity contribution in [3.05, 3.63) is 89.3 Å². The number of methoxy groups -OCH3 is 1. The van der Waals surface area contributed by atoms with Gasteiger partial charge in [-0.05, 0) is 84.0 Å². The van der Waals surface area contributed by atoms with Crippen LogP contribution in [0.3, 0.4) is 0 Å². The Morgan fingerprint density at radius 2 is 1.78 bits per heavy atom. The lowest BCUT2D eigenvalue weighted by atomic mass is 9.94. The zero-order valence-corrected chi connectivity index (χ0v) is 21.3. The van der Waals surface area contributed by atoms with Gasteiger partial charge in [0.25, 0.3) is 10.0 Å². The second-order valence-corrected chi connectivity index (χ2v) is 10.5. The number of benzene rings is 3. The predicted octanol–water partition coefficient (Wildman–Crippen LogP) is 6.64. The van der Waals surface area contributed by atoms with E-state index in [-0.39, 0.29) is 10.7 Å². The Labute approximate surface area is 213 Å². The molecule has 0 fully saturated rings. The summed E-state index contributed by atoms with van der Waals surface area (Å²) in [4.78, 5) is 4.73. The van der Waals surface area contributed by atoms with Crippen LogP contribution in [0, 0.1) is 13.8 Å². The summed E-state index contributed by atoms with van der Waals surface area (Å²) in [5, 5.41) is 5.85. The van der Waals surface area contributed by atoms with Gasteiger partial charge >= 0.3 is 0 Å². The van der Waals surface area contributed by atoms with Gasteiger partial charge in [-0.2, -0.15) is 0 Å². The van der Waals surface area contributed by atoms with Crippen molar-refractivity contribution in [3.63, 3.8) is 0 Å². The average Bonchev–Trinajstić information content (AvgIpc) is 3.37. The maximum Gasteiger partial charge on any atom is 0.263 e. The van der Waals surface area contributed by atoms with Crippen molar-refractivity contribution in [3.8, 4) is 28.1 Å². The summed E-state index contributed by atoms with van der Waals surface area (Å²) < 4.78 is 38.5. The van der Waals surface area contributed by atoms with E-state index in [0.717, 1.165) is 43.6 Å². The second-order valence-electron chi connectivity index (χ2n) is 8.36. The first-order valence-electron chi connectivity index (χ1n) is 11.0. The first-order valence-corrected chi connectivity index (χ1v) is 12.9. The van der Waals surface area contributed by atoms with E-state index in [9.17, 15) is 8.42 Å². The summed E-state index contributed by atoms with van der Waals surface area (Å²) in [6, 6.07) is 18.1. The van der Waals surface area contributed by atoms with Crippen LogP contribution >= 0.6 is 11.6 Å². The summed E-state index contributed by atoms with van der Waals surface area (Å²) in [6.07, 6.45) is 2.95. The van der Waals surface area contributed by atoms with E-state index in [0.29, 0.717) is 11.4 Å². The standard InChI is InChI=1S/C27H22ClN3O4S/c1-16-13-23(25(34-3)15-22(16)18-4-7-24(28)17(2)12-18)27-21-6-5-20(14-19(21)8-10-29-27)36(32,33)31-26-9-11-35-30-26/h4-15H,1-3H3,(H,30,31). The number of fused-ring (bicyclic) bond motifs is 1. The second kappa shape index (κ2) is 9.29. The summed E-state index contributed by atoms with van der Waals surface area (Å²) in [5.41, 5.74) is 5.62. The van der Waals surface area contributed by atoms with Crippen molar-refractivity contribution in [2.45, 2.75) is 18.7 Å². The number of hydrogen-bond acceptors (Lipinski definition) is 6. The number of nitrogens with one attached hydrogen (secondary N) is 1. The lowest BCUT2D eigenvalue weighted by molar-refractivity contribution is 0.416. The van der Waals surface area contributed by atoms with Crippen LogP contribution < -0.4 is 9.46 Å². The Balaban J connectivity index is 1.60. The minimum Gasteiger partial charge on any atom is -0.496 e. The third kappa shape index (κ3) is 4.41. The average molecular weight is 520 g/mol. The molecule has 2 heterocycles. The molecule has 2 aromatic heterocycles. The van der Waals surface area contributed by atoms with Gasteiger partial charge in [-0.15, -0.1) is 0 Å². The van der Waals surface area contributed by atoms with Crippen molar-refractivity contribution in [1.82, 2.24) is 10.1 Å². The zero-order valence-electron chi connectivity index (χ0n) is 19.7. The van der Waals surface area contributed by atoms with E-state index < -0.39 is 10.0 Å². The van der Waals surface area contributed by atoms with E-state index in [2.05, 4.69) is 20.9 Å². The first kappa shape index (κ1) is 23.8. The molecule has 182 valence electrons. The third-order valence-corrected chi connectivity index (χ3v) is 7.77. The van der Waals surface area contributed by atoms with Gasteiger partial charge in [0.1, 0.15) is 12.0 Å². The van der Waals surface area contributed by atoms with Crippen molar-refractivity contribution in [1.29, 1.82) is 0 Å². The fourth-order valence-electron chi connectivity index (χ4n) is 4.16. The molecule has 0 spiro atoms. The Bertz CT molecular complexity index is 1700. The largest absolute Gasteiger partial charge is 0.496 e. The maximum absolute atomic E-state index is 12.8. The van der Waals surface area contributed by atoms with Crippen LogP contribution in [-0.4, -0.2) is 25.7 Å². The summed E-state index contributed by atoms with van der Waals surface area (Å²) in [7, 11) is -2.22. The molecule has 0 saturated carbocycles. The molecule has 0 aliphatic heterocycles. The smallest absolute Gasteiger partial charge is 0.263 e. The van der Waals surface area contributed by atoms with Gasteiger partial charge in [0.05, 0.1) is 17.7 Å². The number of halogens is 1. The molecule has 1 N–H and O–H groups in total. The highest BCUT2D eigenvalue weighted by atomic mass is 35.5. The summed E-state index contributed by atoms with van der Waals surface area (Å²) in [5.74, 6) is 0.772. The Morgan fingerprint density at radius 3 is 2.50 bits per heavy atom. The fraction of sp³-hybridized carbons (Fsp3) is 0.111. The van der Waals surface area contributed by atoms with Crippen molar-refractivity contribution >= 4 is 38.2 Å². The molecular weight excluding hydrogens is 498 g/mol. The van der Waals surface area contributed by atoms with Crippen molar-refractivity contribution in [2.75, 3.05) is 11.8 Å². The molecule has 5 aromatic rings. The van der Waals surface area contributed by atoms with Crippen LogP contribution in [0.15, 0.2) is 82.5 Å². The molecule has 9 heteroatoms. The lowest BCUT2D eigenvalue weighted by Crippen LogP contribution is -2.13. The van der Waals surface area contributed by atoms with Crippen LogP contribution in [0.5, 0.6) is 5.75 Å². The molecule has 5 rings (SSSR count). The number of sulfonamides is 1. The highest BCUT2D eigenvalue weighted by molar-refractivity contribution is 7.92. The van der Waals surface area contributed by atoms with Gasteiger partial charge in [-0.25, -0.2) is 8.42 Å². The molecule has 0 radical (unpaired) electrons. The highest BCUT2D eigenvalue weighted by Gasteiger charge is 2.19. The van der Waals surface area contributed by atoms with Crippen molar-refractivity contribution in [2.24, 2.45) is 0 Å². The van der Waals surface area contributed by atoms with Crippen molar-refractivity contribution < 1.29 is 17.7 Å². The number of hydrogen-bond donors (Lipinski definition) is 1. The van der Waals surface area contributed by atoms with E-state index in [4.69, 9.17) is 20.9 Å². The molecule has 0 aliphatic carbocycles. The Morgan fingerprint density at radius 1 is 0.944 bits per heavy atom. The molecule has 0 atom stereocenters. The van der Waals surface area contributed by atoms with Crippen LogP contribution in [0.4, 0.5) is 5.82 Å². The van der Waals surface area contributed by atoms with Crippen LogP contribution in [0.1, 0.15) is 11.1 Å². The molecule has 3 aromatic carbocycles. The fourth-order valence-corrected chi connectivity index (χ4v) is 5.31. The monoisotopic (exact) mass is 519 g/mol. The SMILES string of the molecule is COc1cc(-c2ccc(Cl)c(C)c2)c(C)cc1-c1nccc2cc(S(=O)(=O)Nc3ccon3)ccc12. The molecule has 36 heavy (non-hydrogen) atoms. The lowest BCUT2D eigenvalue weighted by Gasteiger charge is -2.16. The number of nitrogens with zero attached hydrogens (tertiary/aromatic N) is 2. The van der Waals surface area contributed by atoms with Crippen LogP contribution in [-0.2, 0) is 10.0 Å². The number of ether oxygens (including phenoxy) is 1. The number of aromatic nitrogens is 2. The predicted molar refractivity (Wildman–Crippen MR) is 141 cm³/mol. The Hall–Kier alpha value is -3.88. The van der Waals surface area contributed by atoms with Gasteiger partial charge in [-0.3, -0.25) is 9.71 Å². The Kier molecular flexibility index (Phi) is 6.15. The van der Waals surface area contributed by atoms with Crippen LogP contribution in [0.25, 0.3) is 33.2 Å². The van der Waals surface area contributed by atoms with Gasteiger partial charge in [-0.1, -0.05) is 28.9 Å². The minimum absolute atomic E-state index is 0.103. The summed E-state index contributed by atoms with van der Waals surface area (Å²) in [6.45, 7) is 4.01. The molecule has 7 nitrogen and oxygen atoms in total. The number of anilines is 1. The number of aryl methyl sites for hydroxylation is 2. The summed E-state index contributed by atoms with van der Waals surface area (Å²) >= 11 is 6.22. The molecule has 0 aliphatic rings. The maximum atomic E-state index is 12.8. The zero-order chi connectivity index (χ0) is 25.4. The topological polar surface area (TPSA) is 94.3 Å². The van der Waals surface area contributed by atoms with E-state index in [1.54, 1.807) is 37.6 Å². The highest BCUT2D eigenvalue weighted by Crippen LogP contribution is 2.39. The van der Waals surface area contributed by atoms with E-state index in [1.807, 2.05) is 38.1 Å². The molecule has 0 saturated heterocycles. The first-order chi connectivity index (χ1) is 17.3. The quantitative estimate of drug-likeness (QED) is 0.270. The number of rotatable bonds is 6. The van der Waals surface area contributed by atoms with Gasteiger partial charge in [0.15, 0.2) is 5.82 Å². The van der Waals surface area contributed by atoms with Gasteiger partial charge in [0, 0.05) is 28.2 Å². The third-order valence-electron chi connectivity index (χ3n) is 5.99. The molecule has 0 bridgehead atoms. The molecule has 0 amide bonds. The minimum atomic E-state index is -3.84. The van der Waals surface area contributed by atoms with E-state index in [1.165, 1.54) is 12.3 Å². The number of pyridine rings is 1. The van der Waals surface area contributed by atoms with Gasteiger partial charge in [0.2, 0.25) is 0 Å². The molecule has 0 unspecified atom stereocenters. The van der Waals surface area contributed by atoms with E-state index >= 15 is 0 Å². The molecular formula is C27H22ClN3O4S. The normalized spacial score (nSPS) is 11.6.